The zero-order valence-electron chi connectivity index (χ0n) is 18.9. The summed E-state index contributed by atoms with van der Waals surface area (Å²) >= 11 is 0. The molecule has 5 heteroatoms. The highest BCUT2D eigenvalue weighted by Gasteiger charge is 2.45. The molecule has 2 aromatic carbocycles. The van der Waals surface area contributed by atoms with Crippen molar-refractivity contribution in [3.8, 4) is 0 Å². The zero-order valence-corrected chi connectivity index (χ0v) is 18.9. The Kier molecular flexibility index (Phi) is 7.27. The third-order valence-electron chi connectivity index (χ3n) is 7.29. The van der Waals surface area contributed by atoms with Crippen molar-refractivity contribution >= 4 is 5.91 Å². The summed E-state index contributed by atoms with van der Waals surface area (Å²) in [4.78, 5) is 14.7. The van der Waals surface area contributed by atoms with Crippen LogP contribution in [0.3, 0.4) is 0 Å². The van der Waals surface area contributed by atoms with Gasteiger partial charge in [-0.3, -0.25) is 4.79 Å². The average molecular weight is 438 g/mol. The van der Waals surface area contributed by atoms with E-state index in [9.17, 15) is 9.18 Å². The number of nitrogens with two attached hydrogens (primary N) is 1. The van der Waals surface area contributed by atoms with Crippen molar-refractivity contribution in [1.82, 2.24) is 10.2 Å². The first-order chi connectivity index (χ1) is 15.5. The van der Waals surface area contributed by atoms with Gasteiger partial charge >= 0.3 is 0 Å². The first-order valence-electron chi connectivity index (χ1n) is 12.0. The van der Waals surface area contributed by atoms with Gasteiger partial charge in [0.25, 0.3) is 0 Å². The Labute approximate surface area is 191 Å². The number of halogens is 1. The van der Waals surface area contributed by atoms with E-state index in [4.69, 9.17) is 5.73 Å². The lowest BCUT2D eigenvalue weighted by molar-refractivity contribution is -0.142. The van der Waals surface area contributed by atoms with Crippen LogP contribution in [0.1, 0.15) is 50.5 Å². The van der Waals surface area contributed by atoms with Gasteiger partial charge in [0.05, 0.1) is 5.54 Å². The molecule has 1 heterocycles. The summed E-state index contributed by atoms with van der Waals surface area (Å²) in [7, 11) is 0. The second kappa shape index (κ2) is 10.1. The summed E-state index contributed by atoms with van der Waals surface area (Å²) in [6, 6.07) is 19.6. The minimum absolute atomic E-state index is 0.137. The maximum absolute atomic E-state index is 13.2. The largest absolute Gasteiger partial charge is 0.341 e. The van der Waals surface area contributed by atoms with Crippen molar-refractivity contribution < 1.29 is 9.18 Å². The first kappa shape index (κ1) is 22.9. The minimum Gasteiger partial charge on any atom is -0.341 e. The number of benzene rings is 2. The van der Waals surface area contributed by atoms with Gasteiger partial charge in [-0.2, -0.15) is 0 Å². The summed E-state index contributed by atoms with van der Waals surface area (Å²) in [6.07, 6.45) is 8.15. The highest BCUT2D eigenvalue weighted by molar-refractivity contribution is 5.87. The minimum atomic E-state index is -0.594. The molecule has 0 unspecified atom stereocenters. The molecule has 172 valence electrons. The summed E-state index contributed by atoms with van der Waals surface area (Å²) in [6.45, 7) is 2.54. The summed E-state index contributed by atoms with van der Waals surface area (Å²) in [5, 5.41) is 3.69. The molecule has 2 saturated carbocycles. The third kappa shape index (κ3) is 5.96. The molecule has 5 rings (SSSR count). The maximum Gasteiger partial charge on any atom is 0.242 e. The van der Waals surface area contributed by atoms with Crippen LogP contribution in [0.25, 0.3) is 0 Å². The molecule has 0 bridgehead atoms. The summed E-state index contributed by atoms with van der Waals surface area (Å²) in [5.74, 6) is -0.0395. The van der Waals surface area contributed by atoms with Crippen LogP contribution in [0, 0.1) is 11.2 Å². The van der Waals surface area contributed by atoms with Gasteiger partial charge in [0, 0.05) is 25.7 Å². The Balaban J connectivity index is 0.000000354. The molecule has 3 N–H and O–H groups in total. The molecule has 0 atom stereocenters. The number of hydrogen-bond donors (Lipinski definition) is 2. The van der Waals surface area contributed by atoms with Crippen molar-refractivity contribution in [3.05, 3.63) is 72.0 Å². The quantitative estimate of drug-likeness (QED) is 0.709. The smallest absolute Gasteiger partial charge is 0.242 e. The Morgan fingerprint density at radius 2 is 1.53 bits per heavy atom. The molecule has 32 heavy (non-hydrogen) atoms. The number of likely N-dealkylation sites (tertiary alicyclic amines) is 1. The van der Waals surface area contributed by atoms with Crippen LogP contribution in [0.4, 0.5) is 4.39 Å². The van der Waals surface area contributed by atoms with E-state index in [0.29, 0.717) is 6.04 Å². The Bertz CT molecular complexity index is 828. The predicted octanol–water partition coefficient (Wildman–Crippen LogP) is 4.30. The molecular weight excluding hydrogens is 401 g/mol. The second-order valence-corrected chi connectivity index (χ2v) is 9.92. The molecule has 2 aliphatic carbocycles. The number of rotatable bonds is 6. The van der Waals surface area contributed by atoms with Gasteiger partial charge in [0.15, 0.2) is 0 Å². The summed E-state index contributed by atoms with van der Waals surface area (Å²) < 4.78 is 13.2. The Morgan fingerprint density at radius 1 is 0.969 bits per heavy atom. The lowest BCUT2D eigenvalue weighted by atomic mass is 9.72. The molecule has 4 nitrogen and oxygen atoms in total. The van der Waals surface area contributed by atoms with Crippen LogP contribution in [-0.2, 0) is 11.2 Å². The molecule has 1 aliphatic heterocycles. The van der Waals surface area contributed by atoms with Crippen LogP contribution >= 0.6 is 0 Å². The number of carbonyl (C=O) groups excluding carboxylic acids is 1. The van der Waals surface area contributed by atoms with Crippen molar-refractivity contribution in [1.29, 1.82) is 0 Å². The average Bonchev–Trinajstić information content (AvgIpc) is 3.64. The molecule has 3 fully saturated rings. The van der Waals surface area contributed by atoms with Gasteiger partial charge in [-0.1, -0.05) is 48.5 Å². The second-order valence-electron chi connectivity index (χ2n) is 9.92. The monoisotopic (exact) mass is 437 g/mol. The van der Waals surface area contributed by atoms with Crippen molar-refractivity contribution in [2.45, 2.75) is 62.9 Å². The highest BCUT2D eigenvalue weighted by atomic mass is 19.1. The van der Waals surface area contributed by atoms with Gasteiger partial charge in [0.1, 0.15) is 5.82 Å². The lowest BCUT2D eigenvalue weighted by Crippen LogP contribution is -2.61. The highest BCUT2D eigenvalue weighted by Crippen LogP contribution is 2.38. The zero-order chi connectivity index (χ0) is 22.4. The molecule has 2 aromatic rings. The molecular formula is C27H36FN3O. The van der Waals surface area contributed by atoms with E-state index in [0.717, 1.165) is 58.2 Å². The van der Waals surface area contributed by atoms with Gasteiger partial charge in [-0.15, -0.1) is 0 Å². The number of carbonyl (C=O) groups is 1. The van der Waals surface area contributed by atoms with E-state index in [1.807, 2.05) is 53.4 Å². The molecule has 3 aliphatic rings. The van der Waals surface area contributed by atoms with Crippen LogP contribution in [0.2, 0.25) is 0 Å². The van der Waals surface area contributed by atoms with Crippen LogP contribution in [-0.4, -0.2) is 42.0 Å². The molecule has 0 radical (unpaired) electrons. The number of piperidine rings is 1. The van der Waals surface area contributed by atoms with Gasteiger partial charge in [0.2, 0.25) is 5.91 Å². The summed E-state index contributed by atoms with van der Waals surface area (Å²) in [5.41, 5.74) is 6.97. The van der Waals surface area contributed by atoms with Gasteiger partial charge in [-0.05, 0) is 74.5 Å². The lowest BCUT2D eigenvalue weighted by Gasteiger charge is -2.46. The SMILES string of the molecule is NC1(C(=O)N2CCC(CNC3CC3)(Cc3ccc(F)cc3)CC2)CCC1.c1ccccc1. The number of nitrogens with one attached hydrogen (secondary N) is 1. The van der Waals surface area contributed by atoms with Gasteiger partial charge < -0.3 is 16.0 Å². The fraction of sp³-hybridized carbons (Fsp3) is 0.519. The maximum atomic E-state index is 13.2. The van der Waals surface area contributed by atoms with E-state index in [1.165, 1.54) is 18.4 Å². The van der Waals surface area contributed by atoms with E-state index in [2.05, 4.69) is 5.32 Å². The van der Waals surface area contributed by atoms with E-state index < -0.39 is 5.54 Å². The van der Waals surface area contributed by atoms with Crippen LogP contribution < -0.4 is 11.1 Å². The Hall–Kier alpha value is -2.24. The fourth-order valence-corrected chi connectivity index (χ4v) is 4.76. The number of hydrogen-bond acceptors (Lipinski definition) is 3. The number of amides is 1. The van der Waals surface area contributed by atoms with Crippen molar-refractivity contribution in [2.75, 3.05) is 19.6 Å². The molecule has 1 saturated heterocycles. The standard InChI is InChI=1S/C21H30FN3O.C6H6/c22-17-4-2-16(3-5-17)14-20(15-24-18-6-7-18)10-12-25(13-11-20)19(26)21(23)8-1-9-21;1-2-4-6-5-3-1/h2-5,18,24H,1,6-15,23H2;1-6H. The molecule has 1 amide bonds. The van der Waals surface area contributed by atoms with E-state index in [1.54, 1.807) is 12.1 Å². The van der Waals surface area contributed by atoms with Gasteiger partial charge in [-0.25, -0.2) is 4.39 Å². The topological polar surface area (TPSA) is 58.4 Å². The fourth-order valence-electron chi connectivity index (χ4n) is 4.76. The van der Waals surface area contributed by atoms with E-state index in [-0.39, 0.29) is 17.1 Å². The normalized spacial score (nSPS) is 21.1. The number of nitrogens with zero attached hydrogens (tertiary/aromatic N) is 1. The van der Waals surface area contributed by atoms with E-state index >= 15 is 0 Å². The third-order valence-corrected chi connectivity index (χ3v) is 7.29. The molecule has 0 aromatic heterocycles. The molecule has 0 spiro atoms. The first-order valence-corrected chi connectivity index (χ1v) is 12.0. The van der Waals surface area contributed by atoms with Crippen molar-refractivity contribution in [2.24, 2.45) is 11.1 Å². The Morgan fingerprint density at radius 3 is 2.00 bits per heavy atom. The van der Waals surface area contributed by atoms with Crippen LogP contribution in [0.15, 0.2) is 60.7 Å². The predicted molar refractivity (Wildman–Crippen MR) is 127 cm³/mol. The van der Waals surface area contributed by atoms with Crippen LogP contribution in [0.5, 0.6) is 0 Å². The van der Waals surface area contributed by atoms with Crippen molar-refractivity contribution in [3.63, 3.8) is 0 Å².